The van der Waals surface area contributed by atoms with Gasteiger partial charge >= 0.3 is 17.9 Å². The van der Waals surface area contributed by atoms with E-state index in [1.165, 1.54) is 97.3 Å². The molecule has 244 valence electrons. The lowest BCUT2D eigenvalue weighted by atomic mass is 9.93. The second-order valence-corrected chi connectivity index (χ2v) is 10.4. The Labute approximate surface area is 247 Å². The van der Waals surface area contributed by atoms with Gasteiger partial charge in [0, 0.05) is 17.6 Å². The first-order valence-electron chi connectivity index (χ1n) is 14.7. The van der Waals surface area contributed by atoms with Gasteiger partial charge in [-0.2, -0.15) is 0 Å². The predicted molar refractivity (Wildman–Crippen MR) is 163 cm³/mol. The summed E-state index contributed by atoms with van der Waals surface area (Å²) in [5.41, 5.74) is -0.759. The van der Waals surface area contributed by atoms with E-state index in [0.29, 0.717) is 6.42 Å². The van der Waals surface area contributed by atoms with Crippen molar-refractivity contribution in [1.82, 2.24) is 0 Å². The summed E-state index contributed by atoms with van der Waals surface area (Å²) < 4.78 is 0. The van der Waals surface area contributed by atoms with Crippen molar-refractivity contribution < 1.29 is 50.1 Å². The van der Waals surface area contributed by atoms with Gasteiger partial charge in [0.05, 0.1) is 31.8 Å². The third kappa shape index (κ3) is 39.9. The summed E-state index contributed by atoms with van der Waals surface area (Å²) in [5, 5.41) is 58.3. The predicted octanol–water partition coefficient (Wildman–Crippen LogP) is 5.57. The van der Waals surface area contributed by atoms with Crippen molar-refractivity contribution in [2.45, 2.75) is 124 Å². The minimum Gasteiger partial charge on any atom is -0.481 e. The Balaban J connectivity index is -0.000000266. The lowest BCUT2D eigenvalue weighted by Gasteiger charge is -2.23. The van der Waals surface area contributed by atoms with Crippen LogP contribution < -0.4 is 0 Å². The van der Waals surface area contributed by atoms with Crippen LogP contribution in [-0.4, -0.2) is 80.1 Å². The number of carbonyl (C=O) groups is 3. The molecule has 0 aliphatic rings. The molecular weight excluding hydrogens is 532 g/mol. The first-order valence-corrected chi connectivity index (χ1v) is 14.7. The summed E-state index contributed by atoms with van der Waals surface area (Å²) >= 11 is 0. The summed E-state index contributed by atoms with van der Waals surface area (Å²) in [5.74, 6) is -2.52. The Morgan fingerprint density at radius 2 is 0.732 bits per heavy atom. The van der Waals surface area contributed by atoms with Gasteiger partial charge in [-0.1, -0.05) is 110 Å². The van der Waals surface area contributed by atoms with Crippen molar-refractivity contribution >= 4 is 17.9 Å². The molecule has 0 fully saturated rings. The second-order valence-electron chi connectivity index (χ2n) is 10.4. The van der Waals surface area contributed by atoms with Gasteiger partial charge in [0.2, 0.25) is 0 Å². The van der Waals surface area contributed by atoms with Gasteiger partial charge in [0.25, 0.3) is 0 Å². The maximum absolute atomic E-state index is 10.3. The molecule has 0 unspecified atom stereocenters. The standard InChI is InChI=1S/C18H36O2.C5H12O4.2C4H6O2/c1-2-3-4-5-6-7-8-9-10-11-12-13-14-15-16-17-18(19)20;6-1-5(2-7,3-8)4-9;2*1-3(2)4(5)6/h2-17H2,1H3,(H,19,20);6-9H,1-4H2;2*1H2,2H3,(H,5,6). The molecule has 0 aliphatic carbocycles. The van der Waals surface area contributed by atoms with Crippen LogP contribution in [0.5, 0.6) is 0 Å². The van der Waals surface area contributed by atoms with E-state index in [-0.39, 0.29) is 11.1 Å². The molecule has 0 rings (SSSR count). The van der Waals surface area contributed by atoms with E-state index in [0.717, 1.165) is 12.8 Å². The topological polar surface area (TPSA) is 193 Å². The normalized spacial score (nSPS) is 10.1. The van der Waals surface area contributed by atoms with E-state index in [1.54, 1.807) is 0 Å². The monoisotopic (exact) mass is 592 g/mol. The SMILES string of the molecule is C=C(C)C(=O)O.C=C(C)C(=O)O.CCCCCCCCCCCCCCCCCC(=O)O.OCC(CO)(CO)CO. The summed E-state index contributed by atoms with van der Waals surface area (Å²) in [7, 11) is 0. The van der Waals surface area contributed by atoms with Crippen LogP contribution >= 0.6 is 0 Å². The Morgan fingerprint density at radius 3 is 0.878 bits per heavy atom. The molecule has 7 N–H and O–H groups in total. The van der Waals surface area contributed by atoms with Crippen molar-refractivity contribution in [1.29, 1.82) is 0 Å². The van der Waals surface area contributed by atoms with Gasteiger partial charge < -0.3 is 35.7 Å². The molecular formula is C31H60O10. The molecule has 0 amide bonds. The molecule has 0 aliphatic heterocycles. The maximum atomic E-state index is 10.3. The number of aliphatic hydroxyl groups excluding tert-OH is 4. The van der Waals surface area contributed by atoms with Gasteiger partial charge in [0.15, 0.2) is 0 Å². The van der Waals surface area contributed by atoms with Gasteiger partial charge in [-0.15, -0.1) is 0 Å². The Morgan fingerprint density at radius 1 is 0.512 bits per heavy atom. The van der Waals surface area contributed by atoms with Gasteiger partial charge in [-0.25, -0.2) is 9.59 Å². The number of aliphatic hydroxyl groups is 4. The molecule has 0 aromatic rings. The van der Waals surface area contributed by atoms with E-state index in [2.05, 4.69) is 20.1 Å². The lowest BCUT2D eigenvalue weighted by Crippen LogP contribution is -2.37. The highest BCUT2D eigenvalue weighted by Gasteiger charge is 2.26. The average Bonchev–Trinajstić information content (AvgIpc) is 2.93. The third-order valence-electron chi connectivity index (χ3n) is 6.07. The molecule has 0 radical (unpaired) electrons. The summed E-state index contributed by atoms with van der Waals surface area (Å²) in [6, 6.07) is 0. The zero-order valence-corrected chi connectivity index (χ0v) is 25.9. The first kappa shape index (κ1) is 45.7. The molecule has 0 heterocycles. The maximum Gasteiger partial charge on any atom is 0.330 e. The van der Waals surface area contributed by atoms with Crippen molar-refractivity contribution in [2.75, 3.05) is 26.4 Å². The molecule has 0 saturated carbocycles. The molecule has 0 aromatic heterocycles. The fraction of sp³-hybridized carbons (Fsp3) is 0.774. The van der Waals surface area contributed by atoms with E-state index in [1.807, 2.05) is 0 Å². The number of carboxylic acids is 3. The summed E-state index contributed by atoms with van der Waals surface area (Å²) in [6.45, 7) is 9.85. The van der Waals surface area contributed by atoms with Crippen molar-refractivity contribution in [3.8, 4) is 0 Å². The molecule has 0 saturated heterocycles. The van der Waals surface area contributed by atoms with Crippen molar-refractivity contribution in [3.63, 3.8) is 0 Å². The number of unbranched alkanes of at least 4 members (excludes halogenated alkanes) is 14. The minimum absolute atomic E-state index is 0.176. The van der Waals surface area contributed by atoms with E-state index in [4.69, 9.17) is 35.7 Å². The van der Waals surface area contributed by atoms with E-state index < -0.39 is 49.8 Å². The minimum atomic E-state index is -1.11. The van der Waals surface area contributed by atoms with Crippen molar-refractivity contribution in [2.24, 2.45) is 5.41 Å². The smallest absolute Gasteiger partial charge is 0.330 e. The molecule has 41 heavy (non-hydrogen) atoms. The largest absolute Gasteiger partial charge is 0.481 e. The number of aliphatic carboxylic acids is 3. The Bertz CT molecular complexity index is 592. The highest BCUT2D eigenvalue weighted by atomic mass is 16.4. The summed E-state index contributed by atoms with van der Waals surface area (Å²) in [4.78, 5) is 29.5. The molecule has 0 aromatic carbocycles. The fourth-order valence-corrected chi connectivity index (χ4v) is 2.95. The Kier molecular flexibility index (Phi) is 37.8. The van der Waals surface area contributed by atoms with Crippen LogP contribution in [-0.2, 0) is 14.4 Å². The van der Waals surface area contributed by atoms with Gasteiger partial charge in [-0.05, 0) is 20.3 Å². The number of hydrogen-bond donors (Lipinski definition) is 7. The third-order valence-corrected chi connectivity index (χ3v) is 6.07. The molecule has 0 atom stereocenters. The van der Waals surface area contributed by atoms with Crippen LogP contribution in [0.4, 0.5) is 0 Å². The van der Waals surface area contributed by atoms with Gasteiger partial charge in [-0.3, -0.25) is 4.79 Å². The van der Waals surface area contributed by atoms with E-state index in [9.17, 15) is 14.4 Å². The van der Waals surface area contributed by atoms with Crippen LogP contribution in [0.15, 0.2) is 24.3 Å². The van der Waals surface area contributed by atoms with Gasteiger partial charge in [0.1, 0.15) is 0 Å². The first-order chi connectivity index (χ1) is 19.3. The molecule has 10 nitrogen and oxygen atoms in total. The van der Waals surface area contributed by atoms with E-state index >= 15 is 0 Å². The second kappa shape index (κ2) is 33.9. The number of rotatable bonds is 22. The van der Waals surface area contributed by atoms with Crippen LogP contribution in [0.3, 0.4) is 0 Å². The highest BCUT2D eigenvalue weighted by Crippen LogP contribution is 2.14. The number of carboxylic acid groups (broad SMARTS) is 3. The molecule has 0 bridgehead atoms. The van der Waals surface area contributed by atoms with Crippen molar-refractivity contribution in [3.05, 3.63) is 24.3 Å². The van der Waals surface area contributed by atoms with Crippen LogP contribution in [0.1, 0.15) is 124 Å². The van der Waals surface area contributed by atoms with Crippen LogP contribution in [0, 0.1) is 5.41 Å². The molecule has 0 spiro atoms. The molecule has 10 heteroatoms. The average molecular weight is 593 g/mol. The summed E-state index contributed by atoms with van der Waals surface area (Å²) in [6.07, 6.45) is 20.2. The quantitative estimate of drug-likeness (QED) is 0.0617. The highest BCUT2D eigenvalue weighted by molar-refractivity contribution is 5.85. The zero-order valence-electron chi connectivity index (χ0n) is 25.9. The lowest BCUT2D eigenvalue weighted by molar-refractivity contribution is -0.137. The zero-order chi connectivity index (χ0) is 32.5. The van der Waals surface area contributed by atoms with Crippen LogP contribution in [0.25, 0.3) is 0 Å². The Hall–Kier alpha value is -2.27. The number of hydrogen-bond acceptors (Lipinski definition) is 7. The van der Waals surface area contributed by atoms with Crippen LogP contribution in [0.2, 0.25) is 0 Å². The fourth-order valence-electron chi connectivity index (χ4n) is 2.95.